The van der Waals surface area contributed by atoms with E-state index in [0.29, 0.717) is 0 Å². The van der Waals surface area contributed by atoms with E-state index in [-0.39, 0.29) is 11.2 Å². The van der Waals surface area contributed by atoms with Gasteiger partial charge in [-0.05, 0) is 127 Å². The summed E-state index contributed by atoms with van der Waals surface area (Å²) in [6.07, 6.45) is 36.3. The van der Waals surface area contributed by atoms with Crippen LogP contribution in [0.15, 0.2) is 48.6 Å². The van der Waals surface area contributed by atoms with Crippen molar-refractivity contribution in [3.63, 3.8) is 0 Å². The van der Waals surface area contributed by atoms with Gasteiger partial charge < -0.3 is 9.47 Å². The Labute approximate surface area is 268 Å². The molecule has 0 bridgehead atoms. The molecule has 0 N–H and O–H groups in total. The van der Waals surface area contributed by atoms with E-state index in [4.69, 9.17) is 9.47 Å². The molecular formula is C40H68O2Si. The number of rotatable bonds is 16. The maximum atomic E-state index is 5.95. The maximum Gasteiger partial charge on any atom is 0.0598 e. The summed E-state index contributed by atoms with van der Waals surface area (Å²) in [5, 5.41) is 0. The fourth-order valence-electron chi connectivity index (χ4n) is 9.29. The Morgan fingerprint density at radius 1 is 0.512 bits per heavy atom. The highest BCUT2D eigenvalue weighted by molar-refractivity contribution is 6.80. The molecule has 0 amide bonds. The molecule has 2 saturated carbocycles. The van der Waals surface area contributed by atoms with Gasteiger partial charge in [0.05, 0.1) is 19.3 Å². The second kappa shape index (κ2) is 15.6. The van der Waals surface area contributed by atoms with Crippen LogP contribution in [-0.4, -0.2) is 32.5 Å². The van der Waals surface area contributed by atoms with Gasteiger partial charge in [0.2, 0.25) is 0 Å². The Balaban J connectivity index is 1.30. The summed E-state index contributed by atoms with van der Waals surface area (Å²) in [6, 6.07) is 0. The zero-order valence-electron chi connectivity index (χ0n) is 29.5. The highest BCUT2D eigenvalue weighted by Crippen LogP contribution is 2.62. The monoisotopic (exact) mass is 608 g/mol. The standard InChI is InChI=1S/C40H68O2Si/c1-39(2,3)41-27-19-11-9-13-21-31-29-37(35-25-17-15-23-33(31)35)43(7,8)38-30-32(34-24-16-18-26-36(34)38)22-14-10-12-20-28-42-40(4,5)6/h15-18,23-26,31-38H,9-14,19-22,27-30H2,1-8H3. The molecule has 2 nitrogen and oxygen atoms in total. The minimum Gasteiger partial charge on any atom is -0.376 e. The van der Waals surface area contributed by atoms with Crippen molar-refractivity contribution >= 4 is 8.07 Å². The SMILES string of the molecule is CC(C)(C)OCCCCCCC1CC([Si](C)(C)C2CC(CCCCCCOC(C)(C)C)C3C=CC=CC32)C2C=CC=CC12. The van der Waals surface area contributed by atoms with E-state index in [1.807, 2.05) is 0 Å². The molecule has 0 heterocycles. The molecule has 4 aliphatic carbocycles. The predicted octanol–water partition coefficient (Wildman–Crippen LogP) is 11.7. The van der Waals surface area contributed by atoms with Crippen molar-refractivity contribution in [3.05, 3.63) is 48.6 Å². The maximum absolute atomic E-state index is 5.95. The third-order valence-corrected chi connectivity index (χ3v) is 16.6. The Hall–Kier alpha value is -0.903. The van der Waals surface area contributed by atoms with E-state index in [1.54, 1.807) is 0 Å². The van der Waals surface area contributed by atoms with E-state index in [0.717, 1.165) is 59.8 Å². The number of hydrogen-bond donors (Lipinski definition) is 0. The van der Waals surface area contributed by atoms with Crippen LogP contribution in [0, 0.1) is 35.5 Å². The van der Waals surface area contributed by atoms with Gasteiger partial charge in [-0.1, -0.05) is 100 Å². The fourth-order valence-corrected chi connectivity index (χ4v) is 14.3. The molecular weight excluding hydrogens is 541 g/mol. The van der Waals surface area contributed by atoms with Crippen LogP contribution in [0.1, 0.15) is 119 Å². The van der Waals surface area contributed by atoms with Crippen LogP contribution >= 0.6 is 0 Å². The number of hydrogen-bond acceptors (Lipinski definition) is 2. The Morgan fingerprint density at radius 3 is 1.23 bits per heavy atom. The first-order valence-electron chi connectivity index (χ1n) is 18.3. The molecule has 0 aliphatic heterocycles. The summed E-state index contributed by atoms with van der Waals surface area (Å²) in [7, 11) is -1.51. The fraction of sp³-hybridized carbons (Fsp3) is 0.800. The summed E-state index contributed by atoms with van der Waals surface area (Å²) < 4.78 is 11.9. The normalized spacial score (nSPS) is 32.0. The number of unbranched alkanes of at least 4 members (excludes halogenated alkanes) is 6. The number of fused-ring (bicyclic) bond motifs is 2. The highest BCUT2D eigenvalue weighted by Gasteiger charge is 2.55. The Morgan fingerprint density at radius 2 is 0.860 bits per heavy atom. The van der Waals surface area contributed by atoms with Crippen LogP contribution in [0.25, 0.3) is 0 Å². The molecule has 0 spiro atoms. The quantitative estimate of drug-likeness (QED) is 0.128. The van der Waals surface area contributed by atoms with E-state index in [9.17, 15) is 0 Å². The van der Waals surface area contributed by atoms with Gasteiger partial charge >= 0.3 is 0 Å². The first-order valence-corrected chi connectivity index (χ1v) is 21.5. The van der Waals surface area contributed by atoms with E-state index >= 15 is 0 Å². The lowest BCUT2D eigenvalue weighted by Crippen LogP contribution is -2.42. The Bertz CT molecular complexity index is 884. The van der Waals surface area contributed by atoms with Crippen molar-refractivity contribution in [3.8, 4) is 0 Å². The number of ether oxygens (including phenoxy) is 2. The second-order valence-electron chi connectivity index (χ2n) is 17.2. The molecule has 0 aromatic carbocycles. The van der Waals surface area contributed by atoms with E-state index in [2.05, 4.69) is 103 Å². The van der Waals surface area contributed by atoms with Crippen LogP contribution in [0.3, 0.4) is 0 Å². The highest BCUT2D eigenvalue weighted by atomic mass is 28.3. The smallest absolute Gasteiger partial charge is 0.0598 e. The molecule has 8 atom stereocenters. The molecule has 4 rings (SSSR count). The van der Waals surface area contributed by atoms with Crippen molar-refractivity contribution in [2.75, 3.05) is 13.2 Å². The average molecular weight is 609 g/mol. The van der Waals surface area contributed by atoms with Crippen LogP contribution in [0.2, 0.25) is 24.2 Å². The zero-order chi connectivity index (χ0) is 31.1. The summed E-state index contributed by atoms with van der Waals surface area (Å²) in [5.74, 6) is 4.89. The van der Waals surface area contributed by atoms with Gasteiger partial charge in [0.25, 0.3) is 0 Å². The van der Waals surface area contributed by atoms with Gasteiger partial charge in [-0.3, -0.25) is 0 Å². The molecule has 43 heavy (non-hydrogen) atoms. The predicted molar refractivity (Wildman–Crippen MR) is 189 cm³/mol. The van der Waals surface area contributed by atoms with E-state index in [1.165, 1.54) is 77.0 Å². The molecule has 3 heteroatoms. The average Bonchev–Trinajstić information content (AvgIpc) is 3.51. The first kappa shape index (κ1) is 35.0. The molecule has 0 radical (unpaired) electrons. The molecule has 8 unspecified atom stereocenters. The summed E-state index contributed by atoms with van der Waals surface area (Å²) in [6.45, 7) is 20.4. The third-order valence-electron chi connectivity index (χ3n) is 11.5. The molecule has 244 valence electrons. The van der Waals surface area contributed by atoms with Crippen molar-refractivity contribution < 1.29 is 9.47 Å². The van der Waals surface area contributed by atoms with E-state index < -0.39 is 8.07 Å². The van der Waals surface area contributed by atoms with Crippen molar-refractivity contribution in [1.82, 2.24) is 0 Å². The van der Waals surface area contributed by atoms with Gasteiger partial charge in [-0.25, -0.2) is 0 Å². The van der Waals surface area contributed by atoms with Crippen molar-refractivity contribution in [2.45, 2.75) is 154 Å². The summed E-state index contributed by atoms with van der Waals surface area (Å²) in [5.41, 5.74) is 1.84. The van der Waals surface area contributed by atoms with Gasteiger partial charge in [-0.15, -0.1) is 0 Å². The zero-order valence-corrected chi connectivity index (χ0v) is 30.5. The van der Waals surface area contributed by atoms with Crippen LogP contribution in [0.5, 0.6) is 0 Å². The largest absolute Gasteiger partial charge is 0.376 e. The minimum atomic E-state index is -1.51. The lowest BCUT2D eigenvalue weighted by molar-refractivity contribution is -0.00513. The van der Waals surface area contributed by atoms with Gasteiger partial charge in [0.1, 0.15) is 0 Å². The van der Waals surface area contributed by atoms with Crippen molar-refractivity contribution in [1.29, 1.82) is 0 Å². The van der Waals surface area contributed by atoms with Gasteiger partial charge in [-0.2, -0.15) is 0 Å². The van der Waals surface area contributed by atoms with Gasteiger partial charge in [0.15, 0.2) is 0 Å². The second-order valence-corrected chi connectivity index (χ2v) is 22.3. The van der Waals surface area contributed by atoms with Crippen LogP contribution in [-0.2, 0) is 9.47 Å². The molecule has 4 aliphatic rings. The topological polar surface area (TPSA) is 18.5 Å². The summed E-state index contributed by atoms with van der Waals surface area (Å²) >= 11 is 0. The molecule has 0 saturated heterocycles. The third kappa shape index (κ3) is 10.0. The number of allylic oxidation sites excluding steroid dienone is 8. The minimum absolute atomic E-state index is 0.00394. The molecule has 0 aromatic heterocycles. The van der Waals surface area contributed by atoms with Gasteiger partial charge in [0, 0.05) is 13.2 Å². The Kier molecular flexibility index (Phi) is 12.7. The van der Waals surface area contributed by atoms with Crippen molar-refractivity contribution in [2.24, 2.45) is 35.5 Å². The molecule has 0 aromatic rings. The lowest BCUT2D eigenvalue weighted by atomic mass is 9.83. The van der Waals surface area contributed by atoms with Crippen LogP contribution < -0.4 is 0 Å². The lowest BCUT2D eigenvalue weighted by Gasteiger charge is -2.42. The first-order chi connectivity index (χ1) is 20.4. The summed E-state index contributed by atoms with van der Waals surface area (Å²) in [4.78, 5) is 0. The molecule has 2 fully saturated rings. The van der Waals surface area contributed by atoms with Crippen LogP contribution in [0.4, 0.5) is 0 Å².